The van der Waals surface area contributed by atoms with Crippen molar-refractivity contribution in [3.63, 3.8) is 0 Å². The summed E-state index contributed by atoms with van der Waals surface area (Å²) in [6, 6.07) is 15.8. The number of nitrogens with one attached hydrogen (secondary N) is 1. The maximum absolute atomic E-state index is 3.50. The maximum atomic E-state index is 3.50. The molecule has 2 atom stereocenters. The molecule has 1 saturated heterocycles. The van der Waals surface area contributed by atoms with Crippen molar-refractivity contribution >= 4 is 10.8 Å². The first-order valence-corrected chi connectivity index (χ1v) is 5.57. The minimum absolute atomic E-state index is 0.552. The number of rotatable bonds is 1. The lowest BCUT2D eigenvalue weighted by molar-refractivity contribution is 0.260. The Morgan fingerprint density at radius 3 is 2.60 bits per heavy atom. The number of benzene rings is 2. The van der Waals surface area contributed by atoms with Gasteiger partial charge in [0.25, 0.3) is 0 Å². The van der Waals surface area contributed by atoms with E-state index in [1.807, 2.05) is 0 Å². The third kappa shape index (κ3) is 1.35. The third-order valence-electron chi connectivity index (χ3n) is 3.39. The molecule has 15 heavy (non-hydrogen) atoms. The van der Waals surface area contributed by atoms with Gasteiger partial charge < -0.3 is 5.32 Å². The van der Waals surface area contributed by atoms with Gasteiger partial charge in [-0.1, -0.05) is 49.4 Å². The van der Waals surface area contributed by atoms with Crippen LogP contribution in [0.2, 0.25) is 0 Å². The molecule has 1 N–H and O–H groups in total. The van der Waals surface area contributed by atoms with Crippen molar-refractivity contribution in [2.24, 2.45) is 5.92 Å². The summed E-state index contributed by atoms with van der Waals surface area (Å²) < 4.78 is 0. The molecule has 2 aromatic rings. The fourth-order valence-corrected chi connectivity index (χ4v) is 2.41. The Morgan fingerprint density at radius 2 is 1.87 bits per heavy atom. The van der Waals surface area contributed by atoms with Gasteiger partial charge in [0, 0.05) is 12.6 Å². The summed E-state index contributed by atoms with van der Waals surface area (Å²) in [5, 5.41) is 6.24. The summed E-state index contributed by atoms with van der Waals surface area (Å²) in [5.41, 5.74) is 1.45. The topological polar surface area (TPSA) is 12.0 Å². The molecule has 3 rings (SSSR count). The van der Waals surface area contributed by atoms with Gasteiger partial charge in [0.1, 0.15) is 0 Å². The molecule has 0 radical (unpaired) electrons. The Hall–Kier alpha value is -1.34. The Labute approximate surface area is 90.1 Å². The molecule has 1 heterocycles. The van der Waals surface area contributed by atoms with Crippen LogP contribution in [0.3, 0.4) is 0 Å². The molecule has 2 unspecified atom stereocenters. The lowest BCUT2D eigenvalue weighted by atomic mass is 9.85. The largest absolute Gasteiger partial charge is 0.309 e. The zero-order valence-electron chi connectivity index (χ0n) is 8.90. The zero-order valence-corrected chi connectivity index (χ0v) is 8.90. The highest BCUT2D eigenvalue weighted by Gasteiger charge is 2.28. The Bertz CT molecular complexity index is 484. The van der Waals surface area contributed by atoms with Crippen LogP contribution in [-0.4, -0.2) is 6.54 Å². The number of hydrogen-bond donors (Lipinski definition) is 1. The molecule has 0 amide bonds. The van der Waals surface area contributed by atoms with Crippen molar-refractivity contribution in [3.8, 4) is 0 Å². The van der Waals surface area contributed by atoms with Gasteiger partial charge in [0.15, 0.2) is 0 Å². The van der Waals surface area contributed by atoms with E-state index in [9.17, 15) is 0 Å². The predicted molar refractivity (Wildman–Crippen MR) is 63.9 cm³/mol. The van der Waals surface area contributed by atoms with Gasteiger partial charge in [0.2, 0.25) is 0 Å². The summed E-state index contributed by atoms with van der Waals surface area (Å²) >= 11 is 0. The Morgan fingerprint density at radius 1 is 1.07 bits per heavy atom. The first-order valence-electron chi connectivity index (χ1n) is 5.57. The van der Waals surface area contributed by atoms with Crippen LogP contribution in [0.1, 0.15) is 18.5 Å². The zero-order chi connectivity index (χ0) is 10.3. The summed E-state index contributed by atoms with van der Waals surface area (Å²) in [6.45, 7) is 3.46. The quantitative estimate of drug-likeness (QED) is 0.740. The van der Waals surface area contributed by atoms with Crippen LogP contribution >= 0.6 is 0 Å². The molecule has 1 aliphatic rings. The average Bonchev–Trinajstić information content (AvgIpc) is 2.28. The van der Waals surface area contributed by atoms with Crippen LogP contribution < -0.4 is 5.32 Å². The molecule has 1 heteroatoms. The van der Waals surface area contributed by atoms with Gasteiger partial charge in [-0.3, -0.25) is 0 Å². The van der Waals surface area contributed by atoms with E-state index in [1.54, 1.807) is 0 Å². The highest BCUT2D eigenvalue weighted by Crippen LogP contribution is 2.33. The molecular formula is C14H15N. The van der Waals surface area contributed by atoms with Crippen LogP contribution in [0.4, 0.5) is 0 Å². The van der Waals surface area contributed by atoms with E-state index in [-0.39, 0.29) is 0 Å². The second-order valence-electron chi connectivity index (χ2n) is 4.43. The average molecular weight is 197 g/mol. The molecular weight excluding hydrogens is 182 g/mol. The minimum atomic E-state index is 0.552. The van der Waals surface area contributed by atoms with Crippen LogP contribution in [0, 0.1) is 5.92 Å². The van der Waals surface area contributed by atoms with Crippen molar-refractivity contribution in [1.29, 1.82) is 0 Å². The number of hydrogen-bond acceptors (Lipinski definition) is 1. The molecule has 0 bridgehead atoms. The SMILES string of the molecule is CC1CNC1c1cccc2ccccc12. The van der Waals surface area contributed by atoms with Crippen molar-refractivity contribution in [1.82, 2.24) is 5.32 Å². The Kier molecular flexibility index (Phi) is 2.00. The van der Waals surface area contributed by atoms with E-state index in [2.05, 4.69) is 54.7 Å². The van der Waals surface area contributed by atoms with E-state index in [1.165, 1.54) is 16.3 Å². The van der Waals surface area contributed by atoms with Gasteiger partial charge in [-0.05, 0) is 22.3 Å². The standard InChI is InChI=1S/C14H15N/c1-10-9-15-14(10)13-8-4-6-11-5-2-3-7-12(11)13/h2-8,10,14-15H,9H2,1H3. The predicted octanol–water partition coefficient (Wildman–Crippen LogP) is 3.12. The monoisotopic (exact) mass is 197 g/mol. The normalized spacial score (nSPS) is 25.1. The molecule has 76 valence electrons. The molecule has 0 aliphatic carbocycles. The molecule has 0 saturated carbocycles. The van der Waals surface area contributed by atoms with Crippen LogP contribution in [0.25, 0.3) is 10.8 Å². The van der Waals surface area contributed by atoms with E-state index in [4.69, 9.17) is 0 Å². The van der Waals surface area contributed by atoms with Crippen molar-refractivity contribution in [2.45, 2.75) is 13.0 Å². The first kappa shape index (κ1) is 8.93. The van der Waals surface area contributed by atoms with Crippen molar-refractivity contribution < 1.29 is 0 Å². The van der Waals surface area contributed by atoms with Crippen molar-refractivity contribution in [3.05, 3.63) is 48.0 Å². The third-order valence-corrected chi connectivity index (χ3v) is 3.39. The molecule has 2 aromatic carbocycles. The smallest absolute Gasteiger partial charge is 0.0364 e. The van der Waals surface area contributed by atoms with E-state index in [0.29, 0.717) is 6.04 Å². The Balaban J connectivity index is 2.17. The van der Waals surface area contributed by atoms with Gasteiger partial charge in [-0.25, -0.2) is 0 Å². The second-order valence-corrected chi connectivity index (χ2v) is 4.43. The van der Waals surface area contributed by atoms with Crippen LogP contribution in [0.15, 0.2) is 42.5 Å². The van der Waals surface area contributed by atoms with E-state index >= 15 is 0 Å². The van der Waals surface area contributed by atoms with E-state index < -0.39 is 0 Å². The number of fused-ring (bicyclic) bond motifs is 1. The first-order chi connectivity index (χ1) is 7.36. The summed E-state index contributed by atoms with van der Waals surface area (Å²) in [6.07, 6.45) is 0. The molecule has 0 aromatic heterocycles. The molecule has 0 spiro atoms. The fourth-order valence-electron chi connectivity index (χ4n) is 2.41. The fraction of sp³-hybridized carbons (Fsp3) is 0.286. The van der Waals surface area contributed by atoms with Crippen molar-refractivity contribution in [2.75, 3.05) is 6.54 Å². The van der Waals surface area contributed by atoms with Gasteiger partial charge in [-0.15, -0.1) is 0 Å². The lowest BCUT2D eigenvalue weighted by Gasteiger charge is -2.36. The highest BCUT2D eigenvalue weighted by atomic mass is 15.0. The molecule has 1 aliphatic heterocycles. The van der Waals surface area contributed by atoms with Crippen LogP contribution in [-0.2, 0) is 0 Å². The van der Waals surface area contributed by atoms with E-state index in [0.717, 1.165) is 12.5 Å². The maximum Gasteiger partial charge on any atom is 0.0364 e. The summed E-state index contributed by atoms with van der Waals surface area (Å²) in [5.74, 6) is 0.760. The van der Waals surface area contributed by atoms with Gasteiger partial charge >= 0.3 is 0 Å². The van der Waals surface area contributed by atoms with Gasteiger partial charge in [0.05, 0.1) is 0 Å². The lowest BCUT2D eigenvalue weighted by Crippen LogP contribution is -2.43. The molecule has 1 fully saturated rings. The summed E-state index contributed by atoms with van der Waals surface area (Å²) in [7, 11) is 0. The molecule has 1 nitrogen and oxygen atoms in total. The highest BCUT2D eigenvalue weighted by molar-refractivity contribution is 5.86. The van der Waals surface area contributed by atoms with Gasteiger partial charge in [-0.2, -0.15) is 0 Å². The second kappa shape index (κ2) is 3.35. The summed E-state index contributed by atoms with van der Waals surface area (Å²) in [4.78, 5) is 0. The van der Waals surface area contributed by atoms with Crippen LogP contribution in [0.5, 0.6) is 0 Å². The minimum Gasteiger partial charge on any atom is -0.309 e.